The monoisotopic (exact) mass is 408 g/mol. The second-order valence-electron chi connectivity index (χ2n) is 7.47. The second kappa shape index (κ2) is 8.20. The number of hydrogen-bond donors (Lipinski definition) is 0. The standard InChI is InChI=1S/C23H22F2N4O/c1-15-6-4-5-7-20(15)23-17(12-28(3)14-19-10-16(2)27-30-19)13-29(26-23)22-9-8-18(24)11-21(22)25/h4-11,13H,12,14H2,1-3H3. The van der Waals surface area contributed by atoms with E-state index >= 15 is 0 Å². The van der Waals surface area contributed by atoms with E-state index in [0.717, 1.165) is 39.9 Å². The zero-order valence-electron chi connectivity index (χ0n) is 17.1. The fourth-order valence-electron chi connectivity index (χ4n) is 3.48. The van der Waals surface area contributed by atoms with Crippen LogP contribution >= 0.6 is 0 Å². The van der Waals surface area contributed by atoms with Gasteiger partial charge in [-0.15, -0.1) is 0 Å². The Morgan fingerprint density at radius 1 is 1.03 bits per heavy atom. The van der Waals surface area contributed by atoms with Gasteiger partial charge in [0.05, 0.1) is 17.9 Å². The number of nitrogens with zero attached hydrogens (tertiary/aromatic N) is 4. The Bertz CT molecular complexity index is 1180. The van der Waals surface area contributed by atoms with Gasteiger partial charge in [-0.05, 0) is 38.6 Å². The van der Waals surface area contributed by atoms with Crippen LogP contribution in [-0.4, -0.2) is 26.9 Å². The lowest BCUT2D eigenvalue weighted by Gasteiger charge is -2.15. The Hall–Kier alpha value is -3.32. The molecule has 0 spiro atoms. The van der Waals surface area contributed by atoms with Gasteiger partial charge in [-0.2, -0.15) is 5.10 Å². The van der Waals surface area contributed by atoms with Gasteiger partial charge in [-0.1, -0.05) is 29.4 Å². The van der Waals surface area contributed by atoms with Gasteiger partial charge in [0.15, 0.2) is 11.6 Å². The van der Waals surface area contributed by atoms with Crippen LogP contribution < -0.4 is 0 Å². The Kier molecular flexibility index (Phi) is 5.46. The van der Waals surface area contributed by atoms with E-state index < -0.39 is 11.6 Å². The van der Waals surface area contributed by atoms with Crippen LogP contribution in [0, 0.1) is 25.5 Å². The van der Waals surface area contributed by atoms with E-state index in [9.17, 15) is 8.78 Å². The number of halogens is 2. The summed E-state index contributed by atoms with van der Waals surface area (Å²) < 4.78 is 34.5. The van der Waals surface area contributed by atoms with E-state index in [-0.39, 0.29) is 5.69 Å². The lowest BCUT2D eigenvalue weighted by atomic mass is 10.0. The van der Waals surface area contributed by atoms with E-state index in [0.29, 0.717) is 13.1 Å². The van der Waals surface area contributed by atoms with E-state index in [1.54, 1.807) is 6.20 Å². The molecule has 4 aromatic rings. The van der Waals surface area contributed by atoms with Crippen LogP contribution in [0.15, 0.2) is 59.3 Å². The van der Waals surface area contributed by atoms with Crippen molar-refractivity contribution in [2.24, 2.45) is 0 Å². The minimum absolute atomic E-state index is 0.200. The van der Waals surface area contributed by atoms with E-state index in [1.807, 2.05) is 51.2 Å². The maximum absolute atomic E-state index is 14.4. The lowest BCUT2D eigenvalue weighted by molar-refractivity contribution is 0.266. The van der Waals surface area contributed by atoms with Crippen molar-refractivity contribution in [1.82, 2.24) is 19.8 Å². The molecule has 0 radical (unpaired) electrons. The predicted molar refractivity (Wildman–Crippen MR) is 110 cm³/mol. The molecule has 0 atom stereocenters. The van der Waals surface area contributed by atoms with Gasteiger partial charge in [0.1, 0.15) is 11.5 Å². The number of hydrogen-bond acceptors (Lipinski definition) is 4. The molecule has 0 saturated carbocycles. The molecule has 0 unspecified atom stereocenters. The maximum Gasteiger partial charge on any atom is 0.151 e. The first-order valence-corrected chi connectivity index (χ1v) is 9.61. The molecular formula is C23H22F2N4O. The summed E-state index contributed by atoms with van der Waals surface area (Å²) >= 11 is 0. The summed E-state index contributed by atoms with van der Waals surface area (Å²) in [5.41, 5.74) is 4.75. The van der Waals surface area contributed by atoms with Crippen molar-refractivity contribution in [3.05, 3.63) is 88.9 Å². The Labute approximate surface area is 173 Å². The molecule has 0 N–H and O–H groups in total. The molecule has 30 heavy (non-hydrogen) atoms. The van der Waals surface area contributed by atoms with Crippen LogP contribution in [0.4, 0.5) is 8.78 Å². The van der Waals surface area contributed by atoms with Crippen LogP contribution in [0.1, 0.15) is 22.6 Å². The van der Waals surface area contributed by atoms with Crippen molar-refractivity contribution in [2.45, 2.75) is 26.9 Å². The van der Waals surface area contributed by atoms with Gasteiger partial charge in [0.2, 0.25) is 0 Å². The molecule has 0 bridgehead atoms. The normalized spacial score (nSPS) is 11.4. The fourth-order valence-corrected chi connectivity index (χ4v) is 3.48. The van der Waals surface area contributed by atoms with Crippen molar-refractivity contribution in [3.63, 3.8) is 0 Å². The molecule has 0 aliphatic heterocycles. The summed E-state index contributed by atoms with van der Waals surface area (Å²) in [6.45, 7) is 5.03. The van der Waals surface area contributed by atoms with Crippen molar-refractivity contribution in [3.8, 4) is 16.9 Å². The van der Waals surface area contributed by atoms with Crippen molar-refractivity contribution in [1.29, 1.82) is 0 Å². The average Bonchev–Trinajstić information content (AvgIpc) is 3.28. The molecule has 0 saturated heterocycles. The van der Waals surface area contributed by atoms with Gasteiger partial charge in [0.25, 0.3) is 0 Å². The molecule has 4 rings (SSSR count). The minimum Gasteiger partial charge on any atom is -0.360 e. The Morgan fingerprint density at radius 2 is 1.83 bits per heavy atom. The highest BCUT2D eigenvalue weighted by Crippen LogP contribution is 2.28. The largest absolute Gasteiger partial charge is 0.360 e. The minimum atomic E-state index is -0.661. The van der Waals surface area contributed by atoms with Gasteiger partial charge < -0.3 is 4.52 Å². The van der Waals surface area contributed by atoms with Crippen LogP contribution in [0.25, 0.3) is 16.9 Å². The highest BCUT2D eigenvalue weighted by atomic mass is 19.1. The second-order valence-corrected chi connectivity index (χ2v) is 7.47. The summed E-state index contributed by atoms with van der Waals surface area (Å²) in [6, 6.07) is 13.3. The van der Waals surface area contributed by atoms with Crippen LogP contribution in [0.2, 0.25) is 0 Å². The first-order valence-electron chi connectivity index (χ1n) is 9.61. The van der Waals surface area contributed by atoms with Crippen molar-refractivity contribution < 1.29 is 13.3 Å². The number of rotatable bonds is 6. The third-order valence-corrected chi connectivity index (χ3v) is 4.89. The number of benzene rings is 2. The molecule has 5 nitrogen and oxygen atoms in total. The first kappa shape index (κ1) is 20.0. The average molecular weight is 408 g/mol. The summed E-state index contributed by atoms with van der Waals surface area (Å²) in [5, 5.41) is 8.58. The van der Waals surface area contributed by atoms with Gasteiger partial charge in [-0.25, -0.2) is 13.5 Å². The summed E-state index contributed by atoms with van der Waals surface area (Å²) in [5.74, 6) is -0.514. The molecule has 154 valence electrons. The van der Waals surface area contributed by atoms with Crippen LogP contribution in [-0.2, 0) is 13.1 Å². The van der Waals surface area contributed by atoms with Crippen LogP contribution in [0.3, 0.4) is 0 Å². The molecule has 0 aliphatic rings. The summed E-state index contributed by atoms with van der Waals surface area (Å²) in [7, 11) is 1.97. The van der Waals surface area contributed by atoms with Crippen LogP contribution in [0.5, 0.6) is 0 Å². The van der Waals surface area contributed by atoms with E-state index in [1.165, 1.54) is 16.8 Å². The molecule has 0 fully saturated rings. The Balaban J connectivity index is 1.72. The number of aryl methyl sites for hydroxylation is 2. The maximum atomic E-state index is 14.4. The Morgan fingerprint density at radius 3 is 2.53 bits per heavy atom. The van der Waals surface area contributed by atoms with E-state index in [2.05, 4.69) is 15.2 Å². The molecule has 2 aromatic carbocycles. The van der Waals surface area contributed by atoms with E-state index in [4.69, 9.17) is 4.52 Å². The molecule has 0 aliphatic carbocycles. The molecule has 2 aromatic heterocycles. The fraction of sp³-hybridized carbons (Fsp3) is 0.217. The third-order valence-electron chi connectivity index (χ3n) is 4.89. The first-order chi connectivity index (χ1) is 14.4. The highest BCUT2D eigenvalue weighted by molar-refractivity contribution is 5.66. The lowest BCUT2D eigenvalue weighted by Crippen LogP contribution is -2.17. The smallest absolute Gasteiger partial charge is 0.151 e. The summed E-state index contributed by atoms with van der Waals surface area (Å²) in [6.07, 6.45) is 1.79. The topological polar surface area (TPSA) is 47.1 Å². The summed E-state index contributed by atoms with van der Waals surface area (Å²) in [4.78, 5) is 2.07. The zero-order valence-corrected chi connectivity index (χ0v) is 17.1. The molecular weight excluding hydrogens is 386 g/mol. The quantitative estimate of drug-likeness (QED) is 0.448. The zero-order chi connectivity index (χ0) is 21.3. The van der Waals surface area contributed by atoms with Crippen molar-refractivity contribution in [2.75, 3.05) is 7.05 Å². The van der Waals surface area contributed by atoms with Crippen molar-refractivity contribution >= 4 is 0 Å². The predicted octanol–water partition coefficient (Wildman–Crippen LogP) is 5.05. The SMILES string of the molecule is Cc1cc(CN(C)Cc2cn(-c3ccc(F)cc3F)nc2-c2ccccc2C)on1. The highest BCUT2D eigenvalue weighted by Gasteiger charge is 2.18. The molecule has 2 heterocycles. The number of aromatic nitrogens is 3. The van der Waals surface area contributed by atoms with Gasteiger partial charge in [0, 0.05) is 36.0 Å². The van der Waals surface area contributed by atoms with Gasteiger partial charge in [-0.3, -0.25) is 4.90 Å². The molecule has 0 amide bonds. The third kappa shape index (κ3) is 4.16. The van der Waals surface area contributed by atoms with Gasteiger partial charge >= 0.3 is 0 Å². The molecule has 7 heteroatoms.